The second-order valence-corrected chi connectivity index (χ2v) is 3.74. The Bertz CT molecular complexity index is 440. The standard InChI is InChI=1S/C6H3BrN4O2S/c7-4-2-1-3(13-4)5(12)8-6-9-10-11-14-6/h1-2H,(H,8,9,11,12). The van der Waals surface area contributed by atoms with Gasteiger partial charge in [0.25, 0.3) is 5.91 Å². The summed E-state index contributed by atoms with van der Waals surface area (Å²) in [5.41, 5.74) is 0. The molecule has 0 spiro atoms. The summed E-state index contributed by atoms with van der Waals surface area (Å²) in [6.07, 6.45) is 0. The molecule has 2 aromatic heterocycles. The highest BCUT2D eigenvalue weighted by Gasteiger charge is 2.12. The third-order valence-electron chi connectivity index (χ3n) is 1.32. The van der Waals surface area contributed by atoms with Crippen LogP contribution in [0.15, 0.2) is 21.2 Å². The lowest BCUT2D eigenvalue weighted by Gasteiger charge is -1.94. The van der Waals surface area contributed by atoms with Crippen molar-refractivity contribution in [1.82, 2.24) is 14.8 Å². The minimum Gasteiger partial charge on any atom is -0.444 e. The first kappa shape index (κ1) is 9.28. The minimum atomic E-state index is -0.380. The number of carbonyl (C=O) groups excluding carboxylic acids is 1. The highest BCUT2D eigenvalue weighted by atomic mass is 79.9. The molecule has 0 saturated heterocycles. The molecule has 0 saturated carbocycles. The van der Waals surface area contributed by atoms with Gasteiger partial charge in [-0.05, 0) is 33.3 Å². The summed E-state index contributed by atoms with van der Waals surface area (Å²) < 4.78 is 9.03. The summed E-state index contributed by atoms with van der Waals surface area (Å²) in [6, 6.07) is 3.18. The Morgan fingerprint density at radius 2 is 2.43 bits per heavy atom. The number of aromatic nitrogens is 3. The van der Waals surface area contributed by atoms with E-state index in [1.165, 1.54) is 0 Å². The Morgan fingerprint density at radius 3 is 3.00 bits per heavy atom. The number of nitrogens with zero attached hydrogens (tertiary/aromatic N) is 3. The Kier molecular flexibility index (Phi) is 2.55. The quantitative estimate of drug-likeness (QED) is 0.899. The summed E-state index contributed by atoms with van der Waals surface area (Å²) in [7, 11) is 0. The predicted octanol–water partition coefficient (Wildman–Crippen LogP) is 1.54. The largest absolute Gasteiger partial charge is 0.444 e. The molecule has 14 heavy (non-hydrogen) atoms. The molecule has 0 aliphatic heterocycles. The second-order valence-electron chi connectivity index (χ2n) is 2.23. The first-order valence-electron chi connectivity index (χ1n) is 3.47. The molecule has 0 aliphatic rings. The second kappa shape index (κ2) is 3.84. The predicted molar refractivity (Wildman–Crippen MR) is 52.1 cm³/mol. The fraction of sp³-hybridized carbons (Fsp3) is 0. The molecule has 0 unspecified atom stereocenters. The van der Waals surface area contributed by atoms with Crippen molar-refractivity contribution in [2.75, 3.05) is 5.32 Å². The Morgan fingerprint density at radius 1 is 1.57 bits per heavy atom. The normalized spacial score (nSPS) is 10.1. The van der Waals surface area contributed by atoms with Crippen LogP contribution in [0.5, 0.6) is 0 Å². The van der Waals surface area contributed by atoms with Crippen LogP contribution in [0.25, 0.3) is 0 Å². The summed E-state index contributed by atoms with van der Waals surface area (Å²) >= 11 is 4.09. The molecule has 2 rings (SSSR count). The molecule has 0 fully saturated rings. The summed E-state index contributed by atoms with van der Waals surface area (Å²) in [5, 5.41) is 9.71. The maximum absolute atomic E-state index is 11.4. The van der Waals surface area contributed by atoms with E-state index in [2.05, 4.69) is 36.0 Å². The lowest BCUT2D eigenvalue weighted by Crippen LogP contribution is -2.10. The Balaban J connectivity index is 2.10. The van der Waals surface area contributed by atoms with Crippen LogP contribution in [0.3, 0.4) is 0 Å². The maximum atomic E-state index is 11.4. The van der Waals surface area contributed by atoms with Crippen molar-refractivity contribution in [1.29, 1.82) is 0 Å². The van der Waals surface area contributed by atoms with Gasteiger partial charge in [-0.15, -0.1) is 0 Å². The smallest absolute Gasteiger partial charge is 0.293 e. The first-order valence-corrected chi connectivity index (χ1v) is 5.04. The molecular formula is C6H3BrN4O2S. The molecule has 0 radical (unpaired) electrons. The molecule has 1 N–H and O–H groups in total. The van der Waals surface area contributed by atoms with E-state index in [0.717, 1.165) is 11.5 Å². The Labute approximate surface area is 90.6 Å². The van der Waals surface area contributed by atoms with Gasteiger partial charge in [0, 0.05) is 11.5 Å². The number of amides is 1. The highest BCUT2D eigenvalue weighted by molar-refractivity contribution is 9.10. The lowest BCUT2D eigenvalue weighted by molar-refractivity contribution is 0.0995. The third kappa shape index (κ3) is 1.96. The zero-order valence-corrected chi connectivity index (χ0v) is 9.00. The van der Waals surface area contributed by atoms with E-state index in [4.69, 9.17) is 4.42 Å². The van der Waals surface area contributed by atoms with Crippen LogP contribution in [0, 0.1) is 0 Å². The maximum Gasteiger partial charge on any atom is 0.293 e. The van der Waals surface area contributed by atoms with Gasteiger partial charge in [-0.1, -0.05) is 9.59 Å². The fourth-order valence-electron chi connectivity index (χ4n) is 0.777. The van der Waals surface area contributed by atoms with Crippen molar-refractivity contribution < 1.29 is 9.21 Å². The number of carbonyl (C=O) groups is 1. The molecular weight excluding hydrogens is 272 g/mol. The number of hydrogen-bond donors (Lipinski definition) is 1. The zero-order chi connectivity index (χ0) is 9.97. The summed E-state index contributed by atoms with van der Waals surface area (Å²) in [6.45, 7) is 0. The van der Waals surface area contributed by atoms with E-state index < -0.39 is 0 Å². The topological polar surface area (TPSA) is 80.9 Å². The molecule has 2 heterocycles. The van der Waals surface area contributed by atoms with Crippen molar-refractivity contribution in [3.63, 3.8) is 0 Å². The van der Waals surface area contributed by atoms with E-state index in [1.807, 2.05) is 0 Å². The van der Waals surface area contributed by atoms with Crippen LogP contribution in [0.4, 0.5) is 5.13 Å². The molecule has 0 aromatic carbocycles. The van der Waals surface area contributed by atoms with E-state index >= 15 is 0 Å². The molecule has 1 amide bonds. The van der Waals surface area contributed by atoms with E-state index in [0.29, 0.717) is 9.80 Å². The zero-order valence-electron chi connectivity index (χ0n) is 6.60. The van der Waals surface area contributed by atoms with Gasteiger partial charge in [0.1, 0.15) is 0 Å². The van der Waals surface area contributed by atoms with E-state index in [1.54, 1.807) is 12.1 Å². The monoisotopic (exact) mass is 274 g/mol. The van der Waals surface area contributed by atoms with Crippen LogP contribution < -0.4 is 5.32 Å². The van der Waals surface area contributed by atoms with Crippen LogP contribution in [0.2, 0.25) is 0 Å². The molecule has 0 bridgehead atoms. The van der Waals surface area contributed by atoms with Crippen LogP contribution in [-0.4, -0.2) is 20.7 Å². The van der Waals surface area contributed by atoms with Gasteiger partial charge in [0.15, 0.2) is 10.4 Å². The SMILES string of the molecule is O=C(Nc1nnns1)c1ccc(Br)o1. The number of anilines is 1. The van der Waals surface area contributed by atoms with Gasteiger partial charge in [-0.3, -0.25) is 10.1 Å². The van der Waals surface area contributed by atoms with Gasteiger partial charge in [0.2, 0.25) is 5.13 Å². The van der Waals surface area contributed by atoms with Gasteiger partial charge in [0.05, 0.1) is 0 Å². The van der Waals surface area contributed by atoms with Crippen molar-refractivity contribution in [3.05, 3.63) is 22.6 Å². The minimum absolute atomic E-state index is 0.201. The van der Waals surface area contributed by atoms with Crippen LogP contribution >= 0.6 is 27.5 Å². The number of nitrogens with one attached hydrogen (secondary N) is 1. The number of halogens is 1. The van der Waals surface area contributed by atoms with Crippen LogP contribution in [0.1, 0.15) is 10.6 Å². The molecule has 0 aliphatic carbocycles. The molecule has 6 nitrogen and oxygen atoms in total. The van der Waals surface area contributed by atoms with Gasteiger partial charge < -0.3 is 4.42 Å². The first-order chi connectivity index (χ1) is 6.75. The van der Waals surface area contributed by atoms with Crippen LogP contribution in [-0.2, 0) is 0 Å². The third-order valence-corrected chi connectivity index (χ3v) is 2.25. The van der Waals surface area contributed by atoms with Crippen molar-refractivity contribution in [3.8, 4) is 0 Å². The number of rotatable bonds is 2. The summed E-state index contributed by atoms with van der Waals surface area (Å²) in [5.74, 6) is -0.179. The summed E-state index contributed by atoms with van der Waals surface area (Å²) in [4.78, 5) is 11.4. The highest BCUT2D eigenvalue weighted by Crippen LogP contribution is 2.15. The number of hydrogen-bond acceptors (Lipinski definition) is 6. The van der Waals surface area contributed by atoms with Crippen molar-refractivity contribution >= 4 is 38.5 Å². The lowest BCUT2D eigenvalue weighted by atomic mass is 10.4. The fourth-order valence-corrected chi connectivity index (χ4v) is 1.45. The molecule has 72 valence electrons. The number of furan rings is 1. The van der Waals surface area contributed by atoms with Crippen molar-refractivity contribution in [2.24, 2.45) is 0 Å². The van der Waals surface area contributed by atoms with Gasteiger partial charge in [-0.25, -0.2) is 0 Å². The van der Waals surface area contributed by atoms with E-state index in [9.17, 15) is 4.79 Å². The van der Waals surface area contributed by atoms with Gasteiger partial charge >= 0.3 is 0 Å². The van der Waals surface area contributed by atoms with Crippen molar-refractivity contribution in [2.45, 2.75) is 0 Å². The molecule has 0 atom stereocenters. The van der Waals surface area contributed by atoms with Gasteiger partial charge in [-0.2, -0.15) is 0 Å². The molecule has 2 aromatic rings. The van der Waals surface area contributed by atoms with E-state index in [-0.39, 0.29) is 11.7 Å². The average molecular weight is 275 g/mol. The average Bonchev–Trinajstić information content (AvgIpc) is 2.75. The molecule has 8 heteroatoms. The Hall–Kier alpha value is -1.28.